The lowest BCUT2D eigenvalue weighted by Crippen LogP contribution is -2.17. The summed E-state index contributed by atoms with van der Waals surface area (Å²) >= 11 is 0. The third-order valence-corrected chi connectivity index (χ3v) is 4.38. The van der Waals surface area contributed by atoms with E-state index in [-0.39, 0.29) is 0 Å². The minimum Gasteiger partial charge on any atom is -0.364 e. The zero-order chi connectivity index (χ0) is 13.5. The van der Waals surface area contributed by atoms with Crippen LogP contribution < -0.4 is 5.32 Å². The smallest absolute Gasteiger partial charge is 0.203 e. The van der Waals surface area contributed by atoms with Gasteiger partial charge in [0.2, 0.25) is 5.65 Å². The maximum atomic E-state index is 4.45. The molecular weight excluding hydrogens is 250 g/mol. The SMILES string of the molecule is CC(CCC1CC1)Nc1nccn2c(C3CC3)nnc12. The Balaban J connectivity index is 1.52. The molecule has 106 valence electrons. The first-order valence-corrected chi connectivity index (χ1v) is 7.77. The van der Waals surface area contributed by atoms with Crippen LogP contribution in [-0.4, -0.2) is 25.6 Å². The maximum absolute atomic E-state index is 4.45. The van der Waals surface area contributed by atoms with Crippen LogP contribution in [-0.2, 0) is 0 Å². The summed E-state index contributed by atoms with van der Waals surface area (Å²) in [6.07, 6.45) is 11.7. The highest BCUT2D eigenvalue weighted by Gasteiger charge is 2.29. The molecule has 0 saturated heterocycles. The molecule has 20 heavy (non-hydrogen) atoms. The van der Waals surface area contributed by atoms with Gasteiger partial charge in [-0.3, -0.25) is 4.40 Å². The minimum atomic E-state index is 0.440. The van der Waals surface area contributed by atoms with Crippen molar-refractivity contribution in [3.63, 3.8) is 0 Å². The molecule has 2 aliphatic carbocycles. The van der Waals surface area contributed by atoms with Crippen molar-refractivity contribution in [2.24, 2.45) is 5.92 Å². The van der Waals surface area contributed by atoms with E-state index in [2.05, 4.69) is 31.8 Å². The molecule has 0 bridgehead atoms. The average Bonchev–Trinajstić information content (AvgIpc) is 3.36. The molecule has 2 aromatic heterocycles. The second kappa shape index (κ2) is 4.72. The summed E-state index contributed by atoms with van der Waals surface area (Å²) in [7, 11) is 0. The highest BCUT2D eigenvalue weighted by atomic mass is 15.3. The largest absolute Gasteiger partial charge is 0.364 e. The molecule has 2 fully saturated rings. The van der Waals surface area contributed by atoms with Crippen LogP contribution in [0.5, 0.6) is 0 Å². The zero-order valence-electron chi connectivity index (χ0n) is 11.9. The van der Waals surface area contributed by atoms with Crippen LogP contribution in [0.4, 0.5) is 5.82 Å². The molecule has 1 unspecified atom stereocenters. The van der Waals surface area contributed by atoms with Gasteiger partial charge in [0.25, 0.3) is 0 Å². The highest BCUT2D eigenvalue weighted by Crippen LogP contribution is 2.39. The van der Waals surface area contributed by atoms with Gasteiger partial charge in [0.05, 0.1) is 0 Å². The van der Waals surface area contributed by atoms with Crippen LogP contribution in [0.2, 0.25) is 0 Å². The van der Waals surface area contributed by atoms with Crippen molar-refractivity contribution >= 4 is 11.5 Å². The van der Waals surface area contributed by atoms with Crippen molar-refractivity contribution in [2.45, 2.75) is 57.4 Å². The molecule has 1 N–H and O–H groups in total. The lowest BCUT2D eigenvalue weighted by Gasteiger charge is -2.14. The van der Waals surface area contributed by atoms with Gasteiger partial charge in [-0.25, -0.2) is 4.98 Å². The lowest BCUT2D eigenvalue weighted by atomic mass is 10.1. The molecule has 0 radical (unpaired) electrons. The Labute approximate surface area is 118 Å². The summed E-state index contributed by atoms with van der Waals surface area (Å²) < 4.78 is 2.10. The average molecular weight is 271 g/mol. The molecule has 0 aromatic carbocycles. The molecule has 2 saturated carbocycles. The van der Waals surface area contributed by atoms with Crippen molar-refractivity contribution in [1.29, 1.82) is 0 Å². The van der Waals surface area contributed by atoms with E-state index in [1.54, 1.807) is 0 Å². The van der Waals surface area contributed by atoms with Gasteiger partial charge >= 0.3 is 0 Å². The van der Waals surface area contributed by atoms with Crippen LogP contribution in [0, 0.1) is 5.92 Å². The fraction of sp³-hybridized carbons (Fsp3) is 0.667. The summed E-state index contributed by atoms with van der Waals surface area (Å²) in [5.41, 5.74) is 0.868. The Morgan fingerprint density at radius 3 is 2.90 bits per heavy atom. The van der Waals surface area contributed by atoms with Gasteiger partial charge in [-0.15, -0.1) is 10.2 Å². The standard InChI is InChI=1S/C15H21N5/c1-10(2-3-11-4-5-11)17-13-15-19-18-14(12-6-7-12)20(15)9-8-16-13/h8-12H,2-7H2,1H3,(H,16,17). The number of anilines is 1. The third kappa shape index (κ3) is 2.37. The van der Waals surface area contributed by atoms with Crippen LogP contribution >= 0.6 is 0 Å². The number of fused-ring (bicyclic) bond motifs is 1. The first-order chi connectivity index (χ1) is 9.81. The van der Waals surface area contributed by atoms with Gasteiger partial charge < -0.3 is 5.32 Å². The van der Waals surface area contributed by atoms with Crippen molar-refractivity contribution in [1.82, 2.24) is 19.6 Å². The number of rotatable bonds is 6. The van der Waals surface area contributed by atoms with Crippen molar-refractivity contribution in [3.8, 4) is 0 Å². The van der Waals surface area contributed by atoms with Gasteiger partial charge in [0.1, 0.15) is 5.82 Å². The maximum Gasteiger partial charge on any atom is 0.203 e. The highest BCUT2D eigenvalue weighted by molar-refractivity contribution is 5.62. The van der Waals surface area contributed by atoms with E-state index in [0.717, 1.165) is 23.2 Å². The summed E-state index contributed by atoms with van der Waals surface area (Å²) in [6.45, 7) is 2.23. The van der Waals surface area contributed by atoms with Crippen molar-refractivity contribution < 1.29 is 0 Å². The zero-order valence-corrected chi connectivity index (χ0v) is 11.9. The number of hydrogen-bond donors (Lipinski definition) is 1. The van der Waals surface area contributed by atoms with E-state index < -0.39 is 0 Å². The Morgan fingerprint density at radius 1 is 1.30 bits per heavy atom. The summed E-state index contributed by atoms with van der Waals surface area (Å²) in [5.74, 6) is 3.55. The summed E-state index contributed by atoms with van der Waals surface area (Å²) in [4.78, 5) is 4.45. The predicted octanol–water partition coefficient (Wildman–Crippen LogP) is 2.99. The molecule has 2 aliphatic rings. The molecular formula is C15H21N5. The Bertz CT molecular complexity index is 612. The summed E-state index contributed by atoms with van der Waals surface area (Å²) in [6, 6.07) is 0.440. The Kier molecular flexibility index (Phi) is 2.86. The van der Waals surface area contributed by atoms with E-state index in [1.165, 1.54) is 38.5 Å². The monoisotopic (exact) mass is 271 g/mol. The van der Waals surface area contributed by atoms with Crippen LogP contribution in [0.3, 0.4) is 0 Å². The molecule has 5 heteroatoms. The van der Waals surface area contributed by atoms with Crippen molar-refractivity contribution in [2.75, 3.05) is 5.32 Å². The lowest BCUT2D eigenvalue weighted by molar-refractivity contribution is 0.609. The molecule has 2 aromatic rings. The fourth-order valence-corrected chi connectivity index (χ4v) is 2.76. The van der Waals surface area contributed by atoms with Crippen LogP contribution in [0.15, 0.2) is 12.4 Å². The van der Waals surface area contributed by atoms with Crippen LogP contribution in [0.25, 0.3) is 5.65 Å². The van der Waals surface area contributed by atoms with E-state index in [9.17, 15) is 0 Å². The van der Waals surface area contributed by atoms with Gasteiger partial charge in [0.15, 0.2) is 5.82 Å². The molecule has 5 nitrogen and oxygen atoms in total. The molecule has 4 rings (SSSR count). The number of aromatic nitrogens is 4. The van der Waals surface area contributed by atoms with Crippen LogP contribution in [0.1, 0.15) is 57.2 Å². The first kappa shape index (κ1) is 12.1. The van der Waals surface area contributed by atoms with Gasteiger partial charge in [-0.1, -0.05) is 12.8 Å². The second-order valence-corrected chi connectivity index (χ2v) is 6.37. The van der Waals surface area contributed by atoms with Gasteiger partial charge in [0, 0.05) is 24.4 Å². The second-order valence-electron chi connectivity index (χ2n) is 6.37. The van der Waals surface area contributed by atoms with Gasteiger partial charge in [-0.05, 0) is 38.5 Å². The molecule has 0 amide bonds. The topological polar surface area (TPSA) is 55.1 Å². The summed E-state index contributed by atoms with van der Waals surface area (Å²) in [5, 5.41) is 12.2. The Hall–Kier alpha value is -1.65. The van der Waals surface area contributed by atoms with E-state index >= 15 is 0 Å². The number of hydrogen-bond acceptors (Lipinski definition) is 4. The minimum absolute atomic E-state index is 0.440. The fourth-order valence-electron chi connectivity index (χ4n) is 2.76. The quantitative estimate of drug-likeness (QED) is 0.877. The van der Waals surface area contributed by atoms with Crippen molar-refractivity contribution in [3.05, 3.63) is 18.2 Å². The Morgan fingerprint density at radius 2 is 2.15 bits per heavy atom. The van der Waals surface area contributed by atoms with E-state index in [0.29, 0.717) is 12.0 Å². The van der Waals surface area contributed by atoms with E-state index in [4.69, 9.17) is 0 Å². The number of nitrogens with one attached hydrogen (secondary N) is 1. The third-order valence-electron chi connectivity index (χ3n) is 4.38. The molecule has 0 spiro atoms. The van der Waals surface area contributed by atoms with E-state index in [1.807, 2.05) is 12.4 Å². The predicted molar refractivity (Wildman–Crippen MR) is 77.8 cm³/mol. The first-order valence-electron chi connectivity index (χ1n) is 7.77. The molecule has 2 heterocycles. The van der Waals surface area contributed by atoms with Gasteiger partial charge in [-0.2, -0.15) is 0 Å². The normalized spacial score (nSPS) is 20.2. The molecule has 0 aliphatic heterocycles. The number of nitrogens with zero attached hydrogens (tertiary/aromatic N) is 4. The molecule has 1 atom stereocenters.